The number of aromatic amines is 1. The Morgan fingerprint density at radius 1 is 1.30 bits per heavy atom. The molecule has 2 heterocycles. The van der Waals surface area contributed by atoms with Gasteiger partial charge >= 0.3 is 5.97 Å². The van der Waals surface area contributed by atoms with Gasteiger partial charge in [0.15, 0.2) is 6.61 Å². The van der Waals surface area contributed by atoms with Crippen molar-refractivity contribution in [3.05, 3.63) is 57.9 Å². The second-order valence-corrected chi connectivity index (χ2v) is 6.71. The smallest absolute Gasteiger partial charge is 0.338 e. The molecule has 0 amide bonds. The van der Waals surface area contributed by atoms with Crippen LogP contribution in [0.15, 0.2) is 36.5 Å². The fraction of sp³-hybridized carbons (Fsp3) is 0.368. The number of hydrogen-bond acceptors (Lipinski definition) is 6. The summed E-state index contributed by atoms with van der Waals surface area (Å²) < 4.78 is 5.00. The Labute approximate surface area is 156 Å². The minimum Gasteiger partial charge on any atom is -0.454 e. The maximum absolute atomic E-state index is 12.2. The van der Waals surface area contributed by atoms with Crippen molar-refractivity contribution in [1.29, 1.82) is 0 Å². The minimum atomic E-state index is -0.767. The molecular formula is C19H21N3O5. The molecule has 1 saturated heterocycles. The lowest BCUT2D eigenvalue weighted by atomic mass is 9.98. The number of ketones is 1. The molecule has 1 aliphatic rings. The Hall–Kier alpha value is -3.16. The lowest BCUT2D eigenvalue weighted by Crippen LogP contribution is -2.33. The van der Waals surface area contributed by atoms with Gasteiger partial charge in [0.1, 0.15) is 5.69 Å². The van der Waals surface area contributed by atoms with E-state index in [0.29, 0.717) is 17.3 Å². The molecule has 3 rings (SSSR count). The number of nitro groups is 1. The molecule has 0 aliphatic carbocycles. The zero-order valence-electron chi connectivity index (χ0n) is 15.0. The highest BCUT2D eigenvalue weighted by Crippen LogP contribution is 2.32. The van der Waals surface area contributed by atoms with Gasteiger partial charge in [-0.15, -0.1) is 0 Å². The normalized spacial score (nSPS) is 14.8. The average molecular weight is 371 g/mol. The Kier molecular flexibility index (Phi) is 5.54. The summed E-state index contributed by atoms with van der Waals surface area (Å²) in [5.41, 5.74) is 0.763. The van der Waals surface area contributed by atoms with Gasteiger partial charge in [0.25, 0.3) is 5.69 Å². The predicted molar refractivity (Wildman–Crippen MR) is 99.1 cm³/mol. The lowest BCUT2D eigenvalue weighted by molar-refractivity contribution is -0.384. The van der Waals surface area contributed by atoms with Crippen LogP contribution in [-0.4, -0.2) is 41.4 Å². The van der Waals surface area contributed by atoms with Gasteiger partial charge in [-0.05, 0) is 43.0 Å². The number of anilines is 1. The Balaban J connectivity index is 1.72. The number of ether oxygens (including phenoxy) is 1. The van der Waals surface area contributed by atoms with Crippen molar-refractivity contribution < 1.29 is 19.2 Å². The first-order valence-electron chi connectivity index (χ1n) is 8.83. The molecule has 2 aromatic rings. The molecule has 1 fully saturated rings. The molecule has 0 bridgehead atoms. The molecule has 1 aromatic carbocycles. The number of nitro benzene ring substituents is 1. The van der Waals surface area contributed by atoms with Crippen LogP contribution in [0.1, 0.15) is 40.6 Å². The Bertz CT molecular complexity index is 839. The number of benzene rings is 1. The van der Waals surface area contributed by atoms with Gasteiger partial charge in [0.05, 0.1) is 16.2 Å². The number of hydrogen-bond donors (Lipinski definition) is 1. The number of aromatic nitrogens is 1. The number of esters is 1. The van der Waals surface area contributed by atoms with Gasteiger partial charge in [-0.3, -0.25) is 14.9 Å². The first kappa shape index (κ1) is 18.6. The molecular weight excluding hydrogens is 350 g/mol. The largest absolute Gasteiger partial charge is 0.454 e. The maximum Gasteiger partial charge on any atom is 0.338 e. The van der Waals surface area contributed by atoms with Gasteiger partial charge in [0.2, 0.25) is 5.78 Å². The third-order valence-corrected chi connectivity index (χ3v) is 4.76. The van der Waals surface area contributed by atoms with E-state index < -0.39 is 17.5 Å². The zero-order chi connectivity index (χ0) is 19.4. The summed E-state index contributed by atoms with van der Waals surface area (Å²) in [6.07, 6.45) is 3.54. The quantitative estimate of drug-likeness (QED) is 0.362. The Morgan fingerprint density at radius 3 is 2.67 bits per heavy atom. The Morgan fingerprint density at radius 2 is 2.04 bits per heavy atom. The van der Waals surface area contributed by atoms with Gasteiger partial charge in [-0.25, -0.2) is 4.79 Å². The molecule has 1 aliphatic heterocycles. The van der Waals surface area contributed by atoms with Crippen LogP contribution in [-0.2, 0) is 4.74 Å². The molecule has 8 nitrogen and oxygen atoms in total. The van der Waals surface area contributed by atoms with E-state index in [-0.39, 0.29) is 17.0 Å². The summed E-state index contributed by atoms with van der Waals surface area (Å²) in [6, 6.07) is 7.54. The molecule has 27 heavy (non-hydrogen) atoms. The molecule has 142 valence electrons. The van der Waals surface area contributed by atoms with E-state index in [0.717, 1.165) is 25.9 Å². The number of nitrogens with zero attached hydrogens (tertiary/aromatic N) is 2. The van der Waals surface area contributed by atoms with Crippen LogP contribution in [0.2, 0.25) is 0 Å². The molecule has 0 unspecified atom stereocenters. The summed E-state index contributed by atoms with van der Waals surface area (Å²) in [5.74, 6) is -0.537. The summed E-state index contributed by atoms with van der Waals surface area (Å²) >= 11 is 0. The van der Waals surface area contributed by atoms with Crippen molar-refractivity contribution in [1.82, 2.24) is 4.98 Å². The fourth-order valence-corrected chi connectivity index (χ4v) is 3.11. The number of carbonyl (C=O) groups excluding carboxylic acids is 2. The summed E-state index contributed by atoms with van der Waals surface area (Å²) in [4.78, 5) is 39.8. The number of rotatable bonds is 6. The maximum atomic E-state index is 12.2. The standard InChI is InChI=1S/C19H21N3O5/c1-13-6-9-21(10-7-13)16-5-4-14(11-17(16)22(25)26)19(24)27-12-18(23)15-3-2-8-20-15/h2-5,8,11,13,20H,6-7,9-10,12H2,1H3. The third-order valence-electron chi connectivity index (χ3n) is 4.76. The van der Waals surface area contributed by atoms with E-state index in [1.807, 2.05) is 4.90 Å². The van der Waals surface area contributed by atoms with Crippen molar-refractivity contribution in [2.24, 2.45) is 5.92 Å². The number of nitrogens with one attached hydrogen (secondary N) is 1. The second-order valence-electron chi connectivity index (χ2n) is 6.71. The lowest BCUT2D eigenvalue weighted by Gasteiger charge is -2.31. The number of carbonyl (C=O) groups is 2. The first-order valence-corrected chi connectivity index (χ1v) is 8.83. The second kappa shape index (κ2) is 8.03. The topological polar surface area (TPSA) is 106 Å². The number of piperidine rings is 1. The monoisotopic (exact) mass is 371 g/mol. The summed E-state index contributed by atoms with van der Waals surface area (Å²) in [5, 5.41) is 11.5. The van der Waals surface area contributed by atoms with Crippen LogP contribution in [0.25, 0.3) is 0 Å². The van der Waals surface area contributed by atoms with Gasteiger partial charge in [-0.1, -0.05) is 6.92 Å². The van der Waals surface area contributed by atoms with E-state index in [4.69, 9.17) is 4.74 Å². The van der Waals surface area contributed by atoms with Crippen LogP contribution < -0.4 is 4.90 Å². The summed E-state index contributed by atoms with van der Waals surface area (Å²) in [6.45, 7) is 3.23. The molecule has 0 spiro atoms. The third kappa shape index (κ3) is 4.33. The average Bonchev–Trinajstić information content (AvgIpc) is 3.21. The van der Waals surface area contributed by atoms with Crippen molar-refractivity contribution in [2.45, 2.75) is 19.8 Å². The zero-order valence-corrected chi connectivity index (χ0v) is 15.0. The van der Waals surface area contributed by atoms with Crippen LogP contribution in [0.4, 0.5) is 11.4 Å². The molecule has 0 saturated carbocycles. The highest BCUT2D eigenvalue weighted by Gasteiger charge is 2.25. The van der Waals surface area contributed by atoms with E-state index in [1.54, 1.807) is 24.4 Å². The van der Waals surface area contributed by atoms with E-state index >= 15 is 0 Å². The van der Waals surface area contributed by atoms with Crippen molar-refractivity contribution in [2.75, 3.05) is 24.6 Å². The molecule has 1 N–H and O–H groups in total. The van der Waals surface area contributed by atoms with Crippen molar-refractivity contribution >= 4 is 23.1 Å². The van der Waals surface area contributed by atoms with Crippen molar-refractivity contribution in [3.63, 3.8) is 0 Å². The fourth-order valence-electron chi connectivity index (χ4n) is 3.11. The molecule has 1 aromatic heterocycles. The van der Waals surface area contributed by atoms with Crippen LogP contribution >= 0.6 is 0 Å². The van der Waals surface area contributed by atoms with E-state index in [2.05, 4.69) is 11.9 Å². The number of Topliss-reactive ketones (excluding diaryl/α,β-unsaturated/α-hetero) is 1. The minimum absolute atomic E-state index is 0.0510. The predicted octanol–water partition coefficient (Wildman–Crippen LogP) is 3.20. The SMILES string of the molecule is CC1CCN(c2ccc(C(=O)OCC(=O)c3ccc[nH]3)cc2[N+](=O)[O-])CC1. The van der Waals surface area contributed by atoms with E-state index in [9.17, 15) is 19.7 Å². The van der Waals surface area contributed by atoms with Crippen LogP contribution in [0.3, 0.4) is 0 Å². The highest BCUT2D eigenvalue weighted by atomic mass is 16.6. The van der Waals surface area contributed by atoms with Gasteiger partial charge in [-0.2, -0.15) is 0 Å². The number of H-pyrrole nitrogens is 1. The molecule has 0 radical (unpaired) electrons. The first-order chi connectivity index (χ1) is 13.0. The van der Waals surface area contributed by atoms with Gasteiger partial charge < -0.3 is 14.6 Å². The van der Waals surface area contributed by atoms with Crippen LogP contribution in [0, 0.1) is 16.0 Å². The molecule has 8 heteroatoms. The van der Waals surface area contributed by atoms with Crippen LogP contribution in [0.5, 0.6) is 0 Å². The van der Waals surface area contributed by atoms with Crippen molar-refractivity contribution in [3.8, 4) is 0 Å². The van der Waals surface area contributed by atoms with Gasteiger partial charge in [0, 0.05) is 25.4 Å². The molecule has 0 atom stereocenters. The van der Waals surface area contributed by atoms with E-state index in [1.165, 1.54) is 12.1 Å². The summed E-state index contributed by atoms with van der Waals surface area (Å²) in [7, 11) is 0. The highest BCUT2D eigenvalue weighted by molar-refractivity contribution is 5.98.